The van der Waals surface area contributed by atoms with E-state index >= 15 is 0 Å². The van der Waals surface area contributed by atoms with Crippen molar-refractivity contribution in [2.24, 2.45) is 5.73 Å². The van der Waals surface area contributed by atoms with Gasteiger partial charge in [-0.15, -0.1) is 0 Å². The molecular formula is C9H11FN2O. The Morgan fingerprint density at radius 1 is 1.46 bits per heavy atom. The molecule has 0 amide bonds. The average Bonchev–Trinajstić information content (AvgIpc) is 2.06. The van der Waals surface area contributed by atoms with E-state index in [9.17, 15) is 4.39 Å². The van der Waals surface area contributed by atoms with Crippen molar-refractivity contribution in [3.8, 4) is 5.75 Å². The number of pyridine rings is 1. The minimum atomic E-state index is -0.488. The second-order valence-electron chi connectivity index (χ2n) is 3.29. The summed E-state index contributed by atoms with van der Waals surface area (Å²) in [4.78, 5) is 3.49. The van der Waals surface area contributed by atoms with Gasteiger partial charge in [0.15, 0.2) is 0 Å². The molecule has 70 valence electrons. The van der Waals surface area contributed by atoms with E-state index in [-0.39, 0.29) is 12.1 Å². The van der Waals surface area contributed by atoms with Crippen LogP contribution in [-0.4, -0.2) is 17.1 Å². The van der Waals surface area contributed by atoms with Gasteiger partial charge in [-0.25, -0.2) is 4.98 Å². The SMILES string of the molecule is N[C@H]1C[C@H](Oc2ccc(F)nc2)C1. The first-order valence-electron chi connectivity index (χ1n) is 4.28. The standard InChI is InChI=1S/C9H11FN2O/c10-9-2-1-7(5-12-9)13-8-3-6(11)4-8/h1-2,5-6,8H,3-4,11H2/t6-,8-. The molecule has 1 aromatic heterocycles. The fraction of sp³-hybridized carbons (Fsp3) is 0.444. The summed E-state index contributed by atoms with van der Waals surface area (Å²) < 4.78 is 17.9. The van der Waals surface area contributed by atoms with Gasteiger partial charge in [0.2, 0.25) is 5.95 Å². The summed E-state index contributed by atoms with van der Waals surface area (Å²) >= 11 is 0. The molecule has 0 unspecified atom stereocenters. The Labute approximate surface area is 75.7 Å². The van der Waals surface area contributed by atoms with E-state index in [0.29, 0.717) is 5.75 Å². The predicted octanol–water partition coefficient (Wildman–Crippen LogP) is 1.09. The van der Waals surface area contributed by atoms with Gasteiger partial charge in [0.1, 0.15) is 11.9 Å². The maximum atomic E-state index is 12.4. The Balaban J connectivity index is 1.91. The van der Waals surface area contributed by atoms with Crippen molar-refractivity contribution in [2.45, 2.75) is 25.0 Å². The summed E-state index contributed by atoms with van der Waals surface area (Å²) in [6.45, 7) is 0. The Bertz CT molecular complexity index is 282. The molecule has 1 aromatic rings. The van der Waals surface area contributed by atoms with Gasteiger partial charge >= 0.3 is 0 Å². The van der Waals surface area contributed by atoms with Crippen LogP contribution >= 0.6 is 0 Å². The van der Waals surface area contributed by atoms with E-state index < -0.39 is 5.95 Å². The number of halogens is 1. The minimum absolute atomic E-state index is 0.183. The number of hydrogen-bond acceptors (Lipinski definition) is 3. The summed E-state index contributed by atoms with van der Waals surface area (Å²) in [5.74, 6) is 0.121. The highest BCUT2D eigenvalue weighted by Crippen LogP contribution is 2.23. The lowest BCUT2D eigenvalue weighted by molar-refractivity contribution is 0.100. The van der Waals surface area contributed by atoms with E-state index in [1.807, 2.05) is 0 Å². The lowest BCUT2D eigenvalue weighted by Gasteiger charge is -2.32. The molecule has 1 aliphatic carbocycles. The zero-order valence-corrected chi connectivity index (χ0v) is 7.11. The monoisotopic (exact) mass is 182 g/mol. The van der Waals surface area contributed by atoms with Crippen LogP contribution in [0, 0.1) is 5.95 Å². The molecule has 0 atom stereocenters. The summed E-state index contributed by atoms with van der Waals surface area (Å²) in [5, 5.41) is 0. The molecule has 0 bridgehead atoms. The van der Waals surface area contributed by atoms with Crippen molar-refractivity contribution in [3.63, 3.8) is 0 Å². The fourth-order valence-electron chi connectivity index (χ4n) is 1.33. The van der Waals surface area contributed by atoms with Crippen molar-refractivity contribution in [1.82, 2.24) is 4.98 Å². The van der Waals surface area contributed by atoms with Gasteiger partial charge in [-0.2, -0.15) is 4.39 Å². The lowest BCUT2D eigenvalue weighted by Crippen LogP contribution is -2.43. The number of nitrogens with two attached hydrogens (primary N) is 1. The van der Waals surface area contributed by atoms with Crippen molar-refractivity contribution < 1.29 is 9.13 Å². The van der Waals surface area contributed by atoms with Crippen LogP contribution < -0.4 is 10.5 Å². The zero-order valence-electron chi connectivity index (χ0n) is 7.11. The molecule has 0 radical (unpaired) electrons. The van der Waals surface area contributed by atoms with Gasteiger partial charge in [-0.05, 0) is 25.0 Å². The molecule has 1 heterocycles. The van der Waals surface area contributed by atoms with Crippen molar-refractivity contribution in [2.75, 3.05) is 0 Å². The Kier molecular flexibility index (Phi) is 2.14. The van der Waals surface area contributed by atoms with Gasteiger partial charge in [-0.3, -0.25) is 0 Å². The second-order valence-corrected chi connectivity index (χ2v) is 3.29. The van der Waals surface area contributed by atoms with Crippen LogP contribution in [0.3, 0.4) is 0 Å². The quantitative estimate of drug-likeness (QED) is 0.696. The second kappa shape index (κ2) is 3.30. The first-order chi connectivity index (χ1) is 6.24. The largest absolute Gasteiger partial charge is 0.489 e. The third-order valence-electron chi connectivity index (χ3n) is 2.13. The molecule has 0 saturated heterocycles. The maximum Gasteiger partial charge on any atom is 0.213 e. The molecule has 1 fully saturated rings. The topological polar surface area (TPSA) is 48.1 Å². The van der Waals surface area contributed by atoms with E-state index in [0.717, 1.165) is 12.8 Å². The first kappa shape index (κ1) is 8.44. The van der Waals surface area contributed by atoms with E-state index in [1.54, 1.807) is 6.07 Å². The van der Waals surface area contributed by atoms with Crippen LogP contribution in [0.15, 0.2) is 18.3 Å². The Morgan fingerprint density at radius 3 is 2.77 bits per heavy atom. The molecule has 1 saturated carbocycles. The summed E-state index contributed by atoms with van der Waals surface area (Å²) in [7, 11) is 0. The normalized spacial score (nSPS) is 26.6. The smallest absolute Gasteiger partial charge is 0.213 e. The van der Waals surface area contributed by atoms with Crippen molar-refractivity contribution in [3.05, 3.63) is 24.3 Å². The van der Waals surface area contributed by atoms with Crippen LogP contribution in [0.2, 0.25) is 0 Å². The van der Waals surface area contributed by atoms with Gasteiger partial charge in [0.25, 0.3) is 0 Å². The van der Waals surface area contributed by atoms with Crippen LogP contribution in [0.4, 0.5) is 4.39 Å². The number of hydrogen-bond donors (Lipinski definition) is 1. The van der Waals surface area contributed by atoms with Gasteiger partial charge < -0.3 is 10.5 Å². The number of aromatic nitrogens is 1. The third-order valence-corrected chi connectivity index (χ3v) is 2.13. The Morgan fingerprint density at radius 2 is 2.23 bits per heavy atom. The van der Waals surface area contributed by atoms with Crippen LogP contribution in [-0.2, 0) is 0 Å². The van der Waals surface area contributed by atoms with Gasteiger partial charge in [-0.1, -0.05) is 0 Å². The number of nitrogens with zero attached hydrogens (tertiary/aromatic N) is 1. The molecule has 1 aliphatic rings. The zero-order chi connectivity index (χ0) is 9.26. The fourth-order valence-corrected chi connectivity index (χ4v) is 1.33. The molecule has 0 spiro atoms. The van der Waals surface area contributed by atoms with E-state index in [4.69, 9.17) is 10.5 Å². The molecular weight excluding hydrogens is 171 g/mol. The molecule has 13 heavy (non-hydrogen) atoms. The molecule has 0 aliphatic heterocycles. The summed E-state index contributed by atoms with van der Waals surface area (Å²) in [5.41, 5.74) is 5.59. The van der Waals surface area contributed by atoms with Crippen molar-refractivity contribution in [1.29, 1.82) is 0 Å². The number of rotatable bonds is 2. The average molecular weight is 182 g/mol. The molecule has 3 nitrogen and oxygen atoms in total. The molecule has 2 rings (SSSR count). The predicted molar refractivity (Wildman–Crippen MR) is 45.8 cm³/mol. The van der Waals surface area contributed by atoms with Gasteiger partial charge in [0, 0.05) is 6.04 Å². The molecule has 4 heteroatoms. The summed E-state index contributed by atoms with van der Waals surface area (Å²) in [6, 6.07) is 3.12. The molecule has 2 N–H and O–H groups in total. The highest BCUT2D eigenvalue weighted by Gasteiger charge is 2.27. The third kappa shape index (κ3) is 1.95. The van der Waals surface area contributed by atoms with Crippen LogP contribution in [0.5, 0.6) is 5.75 Å². The minimum Gasteiger partial charge on any atom is -0.489 e. The highest BCUT2D eigenvalue weighted by molar-refractivity contribution is 5.17. The maximum absolute atomic E-state index is 12.4. The van der Waals surface area contributed by atoms with Crippen LogP contribution in [0.1, 0.15) is 12.8 Å². The molecule has 0 aromatic carbocycles. The lowest BCUT2D eigenvalue weighted by atomic mass is 9.90. The summed E-state index contributed by atoms with van der Waals surface area (Å²) in [6.07, 6.45) is 3.32. The van der Waals surface area contributed by atoms with E-state index in [2.05, 4.69) is 4.98 Å². The first-order valence-corrected chi connectivity index (χ1v) is 4.28. The van der Waals surface area contributed by atoms with Crippen LogP contribution in [0.25, 0.3) is 0 Å². The van der Waals surface area contributed by atoms with Gasteiger partial charge in [0.05, 0.1) is 6.20 Å². The number of ether oxygens (including phenoxy) is 1. The Hall–Kier alpha value is -1.16. The van der Waals surface area contributed by atoms with E-state index in [1.165, 1.54) is 12.3 Å². The van der Waals surface area contributed by atoms with Crippen molar-refractivity contribution >= 4 is 0 Å². The highest BCUT2D eigenvalue weighted by atomic mass is 19.1.